The van der Waals surface area contributed by atoms with E-state index in [1.807, 2.05) is 12.2 Å². The SMILES string of the molecule is C1=Cc2cocc2C=CO1. The van der Waals surface area contributed by atoms with E-state index in [0.29, 0.717) is 0 Å². The van der Waals surface area contributed by atoms with Gasteiger partial charge >= 0.3 is 0 Å². The zero-order valence-corrected chi connectivity index (χ0v) is 5.28. The number of hydrogen-bond acceptors (Lipinski definition) is 2. The Hall–Kier alpha value is -1.44. The van der Waals surface area contributed by atoms with Crippen molar-refractivity contribution in [3.63, 3.8) is 0 Å². The van der Waals surface area contributed by atoms with Crippen LogP contribution in [-0.4, -0.2) is 0 Å². The number of fused-ring (bicyclic) bond motifs is 1. The standard InChI is InChI=1S/C8H6O2/c1-3-9-4-2-8-6-10-5-7(1)8/h1-6H. The molecule has 0 atom stereocenters. The van der Waals surface area contributed by atoms with Crippen LogP contribution in [0.2, 0.25) is 0 Å². The average molecular weight is 134 g/mol. The topological polar surface area (TPSA) is 22.4 Å². The Bertz CT molecular complexity index is 255. The first-order valence-electron chi connectivity index (χ1n) is 3.01. The molecule has 1 aromatic rings. The predicted octanol–water partition coefficient (Wildman–Crippen LogP) is 2.25. The molecule has 50 valence electrons. The summed E-state index contributed by atoms with van der Waals surface area (Å²) in [6, 6.07) is 0. The molecule has 0 fully saturated rings. The summed E-state index contributed by atoms with van der Waals surface area (Å²) in [6.07, 6.45) is 10.3. The van der Waals surface area contributed by atoms with E-state index < -0.39 is 0 Å². The van der Waals surface area contributed by atoms with Crippen molar-refractivity contribution in [3.05, 3.63) is 36.2 Å². The minimum Gasteiger partial charge on any atom is -0.473 e. The fourth-order valence-electron chi connectivity index (χ4n) is 0.858. The van der Waals surface area contributed by atoms with E-state index in [2.05, 4.69) is 0 Å². The maximum absolute atomic E-state index is 4.96. The van der Waals surface area contributed by atoms with Gasteiger partial charge in [-0.15, -0.1) is 0 Å². The second kappa shape index (κ2) is 2.06. The highest BCUT2D eigenvalue weighted by Crippen LogP contribution is 2.16. The van der Waals surface area contributed by atoms with Crippen LogP contribution in [-0.2, 0) is 4.74 Å². The van der Waals surface area contributed by atoms with Gasteiger partial charge in [0.15, 0.2) is 0 Å². The second-order valence-corrected chi connectivity index (χ2v) is 2.02. The largest absolute Gasteiger partial charge is 0.473 e. The Morgan fingerprint density at radius 1 is 0.900 bits per heavy atom. The molecule has 1 aliphatic heterocycles. The fraction of sp³-hybridized carbons (Fsp3) is 0. The van der Waals surface area contributed by atoms with Crippen LogP contribution in [0.5, 0.6) is 0 Å². The normalized spacial score (nSPS) is 14.0. The van der Waals surface area contributed by atoms with Crippen LogP contribution in [0.3, 0.4) is 0 Å². The van der Waals surface area contributed by atoms with Gasteiger partial charge in [-0.2, -0.15) is 0 Å². The molecule has 0 aromatic carbocycles. The summed E-state index contributed by atoms with van der Waals surface area (Å²) in [5, 5.41) is 0. The molecule has 2 heterocycles. The minimum absolute atomic E-state index is 1.05. The van der Waals surface area contributed by atoms with Gasteiger partial charge in [0.1, 0.15) is 0 Å². The third-order valence-corrected chi connectivity index (χ3v) is 1.38. The zero-order valence-electron chi connectivity index (χ0n) is 5.28. The van der Waals surface area contributed by atoms with Crippen LogP contribution in [0, 0.1) is 0 Å². The molecule has 2 nitrogen and oxygen atoms in total. The molecular weight excluding hydrogens is 128 g/mol. The average Bonchev–Trinajstić information content (AvgIpc) is 2.28. The summed E-state index contributed by atoms with van der Waals surface area (Å²) in [5.41, 5.74) is 2.10. The molecule has 0 unspecified atom stereocenters. The first-order valence-corrected chi connectivity index (χ1v) is 3.01. The van der Waals surface area contributed by atoms with Gasteiger partial charge in [-0.1, -0.05) is 0 Å². The van der Waals surface area contributed by atoms with Crippen molar-refractivity contribution in [1.82, 2.24) is 0 Å². The van der Waals surface area contributed by atoms with Crippen molar-refractivity contribution in [2.24, 2.45) is 0 Å². The van der Waals surface area contributed by atoms with Gasteiger partial charge in [0, 0.05) is 11.1 Å². The van der Waals surface area contributed by atoms with E-state index in [9.17, 15) is 0 Å². The maximum Gasteiger partial charge on any atom is 0.0982 e. The van der Waals surface area contributed by atoms with Crippen LogP contribution in [0.4, 0.5) is 0 Å². The van der Waals surface area contributed by atoms with Gasteiger partial charge in [-0.3, -0.25) is 0 Å². The van der Waals surface area contributed by atoms with Crippen LogP contribution >= 0.6 is 0 Å². The first kappa shape index (κ1) is 5.35. The fourth-order valence-corrected chi connectivity index (χ4v) is 0.858. The lowest BCUT2D eigenvalue weighted by Gasteiger charge is -1.80. The van der Waals surface area contributed by atoms with E-state index in [0.717, 1.165) is 11.1 Å². The predicted molar refractivity (Wildman–Crippen MR) is 37.9 cm³/mol. The van der Waals surface area contributed by atoms with Crippen molar-refractivity contribution in [2.75, 3.05) is 0 Å². The van der Waals surface area contributed by atoms with Gasteiger partial charge in [-0.25, -0.2) is 0 Å². The molecule has 1 aliphatic rings. The summed E-state index contributed by atoms with van der Waals surface area (Å²) in [5.74, 6) is 0. The van der Waals surface area contributed by atoms with Gasteiger partial charge < -0.3 is 9.15 Å². The molecule has 0 bridgehead atoms. The third kappa shape index (κ3) is 0.739. The highest BCUT2D eigenvalue weighted by molar-refractivity contribution is 5.64. The molecule has 0 aliphatic carbocycles. The smallest absolute Gasteiger partial charge is 0.0982 e. The maximum atomic E-state index is 4.96. The Balaban J connectivity index is 2.56. The third-order valence-electron chi connectivity index (χ3n) is 1.38. The van der Waals surface area contributed by atoms with E-state index in [4.69, 9.17) is 9.15 Å². The summed E-state index contributed by atoms with van der Waals surface area (Å²) in [6.45, 7) is 0. The lowest BCUT2D eigenvalue weighted by molar-refractivity contribution is 0.410. The van der Waals surface area contributed by atoms with Crippen LogP contribution in [0.1, 0.15) is 11.1 Å². The molecule has 0 saturated carbocycles. The Morgan fingerprint density at radius 2 is 1.50 bits per heavy atom. The molecule has 0 saturated heterocycles. The Morgan fingerprint density at radius 3 is 2.10 bits per heavy atom. The van der Waals surface area contributed by atoms with Crippen LogP contribution in [0.15, 0.2) is 29.5 Å². The molecule has 2 rings (SSSR count). The highest BCUT2D eigenvalue weighted by atomic mass is 16.5. The molecule has 0 amide bonds. The molecule has 2 heteroatoms. The van der Waals surface area contributed by atoms with E-state index in [1.165, 1.54) is 0 Å². The van der Waals surface area contributed by atoms with Gasteiger partial charge in [0.05, 0.1) is 25.1 Å². The van der Waals surface area contributed by atoms with Gasteiger partial charge in [0.25, 0.3) is 0 Å². The number of rotatable bonds is 0. The summed E-state index contributed by atoms with van der Waals surface area (Å²) >= 11 is 0. The highest BCUT2D eigenvalue weighted by Gasteiger charge is 1.99. The Kier molecular flexibility index (Phi) is 1.10. The van der Waals surface area contributed by atoms with Crippen molar-refractivity contribution in [2.45, 2.75) is 0 Å². The van der Waals surface area contributed by atoms with E-state index in [-0.39, 0.29) is 0 Å². The number of hydrogen-bond donors (Lipinski definition) is 0. The molecule has 1 aromatic heterocycles. The minimum atomic E-state index is 1.05. The van der Waals surface area contributed by atoms with Gasteiger partial charge in [0.2, 0.25) is 0 Å². The van der Waals surface area contributed by atoms with Gasteiger partial charge in [-0.05, 0) is 12.2 Å². The van der Waals surface area contributed by atoms with Crippen molar-refractivity contribution in [3.8, 4) is 0 Å². The number of furan rings is 1. The molecular formula is C8H6O2. The lowest BCUT2D eigenvalue weighted by Crippen LogP contribution is -1.66. The first-order chi connectivity index (χ1) is 4.97. The number of ether oxygens (including phenoxy) is 1. The second-order valence-electron chi connectivity index (χ2n) is 2.02. The van der Waals surface area contributed by atoms with Crippen LogP contribution < -0.4 is 0 Å². The quantitative estimate of drug-likeness (QED) is 0.543. The van der Waals surface area contributed by atoms with Crippen molar-refractivity contribution >= 4 is 12.2 Å². The molecule has 0 radical (unpaired) electrons. The summed E-state index contributed by atoms with van der Waals surface area (Å²) in [4.78, 5) is 0. The summed E-state index contributed by atoms with van der Waals surface area (Å²) < 4.78 is 9.90. The molecule has 0 spiro atoms. The Labute approximate surface area is 58.4 Å². The van der Waals surface area contributed by atoms with Crippen molar-refractivity contribution < 1.29 is 9.15 Å². The van der Waals surface area contributed by atoms with E-state index >= 15 is 0 Å². The lowest BCUT2D eigenvalue weighted by atomic mass is 10.2. The van der Waals surface area contributed by atoms with E-state index in [1.54, 1.807) is 25.1 Å². The van der Waals surface area contributed by atoms with Crippen molar-refractivity contribution in [1.29, 1.82) is 0 Å². The molecule has 0 N–H and O–H groups in total. The zero-order chi connectivity index (χ0) is 6.81. The van der Waals surface area contributed by atoms with Crippen LogP contribution in [0.25, 0.3) is 12.2 Å². The summed E-state index contributed by atoms with van der Waals surface area (Å²) in [7, 11) is 0. The monoisotopic (exact) mass is 134 g/mol. The molecule has 10 heavy (non-hydrogen) atoms.